The lowest BCUT2D eigenvalue weighted by atomic mass is 9.91. The second-order valence-electron chi connectivity index (χ2n) is 4.67. The third-order valence-electron chi connectivity index (χ3n) is 2.80. The molecule has 0 spiro atoms. The molecule has 1 amide bonds. The molecule has 3 N–H and O–H groups in total. The van der Waals surface area contributed by atoms with Crippen molar-refractivity contribution in [2.45, 2.75) is 32.7 Å². The molecule has 0 radical (unpaired) electrons. The van der Waals surface area contributed by atoms with Gasteiger partial charge in [0, 0.05) is 19.1 Å². The number of carbonyl (C=O) groups is 1. The van der Waals surface area contributed by atoms with E-state index in [1.807, 2.05) is 0 Å². The van der Waals surface area contributed by atoms with Crippen molar-refractivity contribution in [2.75, 3.05) is 19.7 Å². The molecule has 1 rings (SSSR count). The van der Waals surface area contributed by atoms with Crippen LogP contribution in [0.25, 0.3) is 0 Å². The maximum absolute atomic E-state index is 11.9. The van der Waals surface area contributed by atoms with Gasteiger partial charge in [0.2, 0.25) is 5.91 Å². The Morgan fingerprint density at radius 3 is 2.43 bits per heavy atom. The minimum atomic E-state index is -0.651. The van der Waals surface area contributed by atoms with Gasteiger partial charge in [-0.05, 0) is 26.7 Å². The average Bonchev–Trinajstić information content (AvgIpc) is 2.18. The van der Waals surface area contributed by atoms with Gasteiger partial charge in [-0.3, -0.25) is 4.79 Å². The van der Waals surface area contributed by atoms with Crippen LogP contribution in [0.4, 0.5) is 0 Å². The number of carbonyl (C=O) groups excluding carboxylic acids is 1. The first kappa shape index (κ1) is 11.5. The lowest BCUT2D eigenvalue weighted by Gasteiger charge is -2.35. The molecule has 14 heavy (non-hydrogen) atoms. The van der Waals surface area contributed by atoms with Crippen LogP contribution in [0.3, 0.4) is 0 Å². The molecule has 1 aliphatic rings. The highest BCUT2D eigenvalue weighted by atomic mass is 16.3. The summed E-state index contributed by atoms with van der Waals surface area (Å²) in [6.07, 6.45) is 1.74. The molecule has 1 fully saturated rings. The number of aliphatic hydroxyl groups is 1. The van der Waals surface area contributed by atoms with Gasteiger partial charge in [-0.15, -0.1) is 0 Å². The van der Waals surface area contributed by atoms with Gasteiger partial charge in [0.05, 0.1) is 12.0 Å². The SMILES string of the molecule is CC(C)(CO)C(=O)N1CCC(N)CC1. The number of nitrogens with zero attached hydrogens (tertiary/aromatic N) is 1. The van der Waals surface area contributed by atoms with Crippen LogP contribution in [0.2, 0.25) is 0 Å². The molecule has 0 aromatic rings. The van der Waals surface area contributed by atoms with Gasteiger partial charge in [0.15, 0.2) is 0 Å². The number of hydrogen-bond donors (Lipinski definition) is 2. The summed E-state index contributed by atoms with van der Waals surface area (Å²) >= 11 is 0. The zero-order chi connectivity index (χ0) is 10.8. The molecule has 0 aromatic heterocycles. The summed E-state index contributed by atoms with van der Waals surface area (Å²) in [6.45, 7) is 4.88. The molecule has 1 aliphatic heterocycles. The van der Waals surface area contributed by atoms with Gasteiger partial charge in [0.1, 0.15) is 0 Å². The number of likely N-dealkylation sites (tertiary alicyclic amines) is 1. The van der Waals surface area contributed by atoms with Crippen molar-refractivity contribution in [3.63, 3.8) is 0 Å². The summed E-state index contributed by atoms with van der Waals surface area (Å²) in [7, 11) is 0. The van der Waals surface area contributed by atoms with Gasteiger partial charge in [-0.1, -0.05) is 0 Å². The molecule has 1 saturated heterocycles. The van der Waals surface area contributed by atoms with Gasteiger partial charge < -0.3 is 15.7 Å². The van der Waals surface area contributed by atoms with Crippen LogP contribution in [0.5, 0.6) is 0 Å². The van der Waals surface area contributed by atoms with Crippen LogP contribution < -0.4 is 5.73 Å². The van der Waals surface area contributed by atoms with Crippen LogP contribution in [0, 0.1) is 5.41 Å². The van der Waals surface area contributed by atoms with E-state index in [4.69, 9.17) is 10.8 Å². The fourth-order valence-electron chi connectivity index (χ4n) is 1.60. The average molecular weight is 200 g/mol. The Kier molecular flexibility index (Phi) is 3.50. The number of amides is 1. The van der Waals surface area contributed by atoms with Crippen molar-refractivity contribution >= 4 is 5.91 Å². The Morgan fingerprint density at radius 2 is 2.00 bits per heavy atom. The fourth-order valence-corrected chi connectivity index (χ4v) is 1.60. The number of hydrogen-bond acceptors (Lipinski definition) is 3. The quantitative estimate of drug-likeness (QED) is 0.657. The highest BCUT2D eigenvalue weighted by Crippen LogP contribution is 2.20. The highest BCUT2D eigenvalue weighted by Gasteiger charge is 2.32. The van der Waals surface area contributed by atoms with Crippen LogP contribution in [0.15, 0.2) is 0 Å². The molecule has 82 valence electrons. The van der Waals surface area contributed by atoms with Crippen molar-refractivity contribution in [3.8, 4) is 0 Å². The third-order valence-corrected chi connectivity index (χ3v) is 2.80. The van der Waals surface area contributed by atoms with E-state index in [0.29, 0.717) is 0 Å². The van der Waals surface area contributed by atoms with E-state index in [-0.39, 0.29) is 18.6 Å². The fraction of sp³-hybridized carbons (Fsp3) is 0.900. The second-order valence-corrected chi connectivity index (χ2v) is 4.67. The summed E-state index contributed by atoms with van der Waals surface area (Å²) in [5.41, 5.74) is 5.10. The van der Waals surface area contributed by atoms with Crippen LogP contribution in [-0.4, -0.2) is 41.7 Å². The number of piperidine rings is 1. The molecule has 0 saturated carbocycles. The van der Waals surface area contributed by atoms with E-state index in [9.17, 15) is 4.79 Å². The maximum Gasteiger partial charge on any atom is 0.230 e. The van der Waals surface area contributed by atoms with E-state index < -0.39 is 5.41 Å². The highest BCUT2D eigenvalue weighted by molar-refractivity contribution is 5.82. The van der Waals surface area contributed by atoms with E-state index in [2.05, 4.69) is 0 Å². The Balaban J connectivity index is 2.54. The van der Waals surface area contributed by atoms with E-state index in [1.165, 1.54) is 0 Å². The first-order valence-corrected chi connectivity index (χ1v) is 5.13. The minimum Gasteiger partial charge on any atom is -0.395 e. The first-order valence-electron chi connectivity index (χ1n) is 5.13. The molecular formula is C10H20N2O2. The number of rotatable bonds is 2. The van der Waals surface area contributed by atoms with Gasteiger partial charge in [-0.25, -0.2) is 0 Å². The van der Waals surface area contributed by atoms with Crippen molar-refractivity contribution in [1.82, 2.24) is 4.90 Å². The Morgan fingerprint density at radius 1 is 1.50 bits per heavy atom. The summed E-state index contributed by atoms with van der Waals surface area (Å²) in [6, 6.07) is 0.233. The summed E-state index contributed by atoms with van der Waals surface area (Å²) < 4.78 is 0. The molecule has 0 aliphatic carbocycles. The van der Waals surface area contributed by atoms with E-state index >= 15 is 0 Å². The minimum absolute atomic E-state index is 0.0342. The van der Waals surface area contributed by atoms with E-state index in [1.54, 1.807) is 18.7 Å². The predicted octanol–water partition coefficient (Wildman–Crippen LogP) is -0.0454. The Labute approximate surface area is 85.1 Å². The lowest BCUT2D eigenvalue weighted by Crippen LogP contribution is -2.48. The Hall–Kier alpha value is -0.610. The van der Waals surface area contributed by atoms with Gasteiger partial charge in [0.25, 0.3) is 0 Å². The first-order chi connectivity index (χ1) is 6.47. The summed E-state index contributed by atoms with van der Waals surface area (Å²) in [5, 5.41) is 9.07. The predicted molar refractivity (Wildman–Crippen MR) is 54.7 cm³/mol. The molecule has 0 bridgehead atoms. The summed E-state index contributed by atoms with van der Waals surface area (Å²) in [4.78, 5) is 13.7. The molecule has 0 aromatic carbocycles. The number of nitrogens with two attached hydrogens (primary N) is 1. The summed E-state index contributed by atoms with van der Waals surface area (Å²) in [5.74, 6) is 0.0342. The monoisotopic (exact) mass is 200 g/mol. The molecule has 4 nitrogen and oxygen atoms in total. The normalized spacial score (nSPS) is 19.9. The molecule has 0 unspecified atom stereocenters. The van der Waals surface area contributed by atoms with Crippen molar-refractivity contribution < 1.29 is 9.90 Å². The van der Waals surface area contributed by atoms with Crippen LogP contribution >= 0.6 is 0 Å². The molecule has 1 heterocycles. The van der Waals surface area contributed by atoms with Gasteiger partial charge in [-0.2, -0.15) is 0 Å². The zero-order valence-electron chi connectivity index (χ0n) is 8.99. The maximum atomic E-state index is 11.9. The van der Waals surface area contributed by atoms with Crippen LogP contribution in [0.1, 0.15) is 26.7 Å². The third kappa shape index (κ3) is 2.45. The molecule has 4 heteroatoms. The van der Waals surface area contributed by atoms with E-state index in [0.717, 1.165) is 25.9 Å². The largest absolute Gasteiger partial charge is 0.395 e. The topological polar surface area (TPSA) is 66.6 Å². The lowest BCUT2D eigenvalue weighted by molar-refractivity contribution is -0.143. The van der Waals surface area contributed by atoms with Crippen LogP contribution in [-0.2, 0) is 4.79 Å². The Bertz CT molecular complexity index is 208. The van der Waals surface area contributed by atoms with Crippen molar-refractivity contribution in [2.24, 2.45) is 11.1 Å². The molecule has 0 atom stereocenters. The number of aliphatic hydroxyl groups excluding tert-OH is 1. The molecular weight excluding hydrogens is 180 g/mol. The van der Waals surface area contributed by atoms with Gasteiger partial charge >= 0.3 is 0 Å². The van der Waals surface area contributed by atoms with Crippen molar-refractivity contribution in [3.05, 3.63) is 0 Å². The second kappa shape index (κ2) is 4.28. The standard InChI is InChI=1S/C10H20N2O2/c1-10(2,7-13)9(14)12-5-3-8(11)4-6-12/h8,13H,3-7,11H2,1-2H3. The van der Waals surface area contributed by atoms with Crippen molar-refractivity contribution in [1.29, 1.82) is 0 Å². The smallest absolute Gasteiger partial charge is 0.230 e. The zero-order valence-corrected chi connectivity index (χ0v) is 8.99.